The van der Waals surface area contributed by atoms with E-state index >= 15 is 0 Å². The van der Waals surface area contributed by atoms with Crippen LogP contribution in [0.3, 0.4) is 0 Å². The van der Waals surface area contributed by atoms with Crippen molar-refractivity contribution in [3.8, 4) is 5.75 Å². The van der Waals surface area contributed by atoms with Crippen LogP contribution in [0.15, 0.2) is 42.5 Å². The van der Waals surface area contributed by atoms with Gasteiger partial charge in [-0.05, 0) is 36.2 Å². The van der Waals surface area contributed by atoms with Crippen LogP contribution in [-0.2, 0) is 12.5 Å². The van der Waals surface area contributed by atoms with Crippen molar-refractivity contribution in [1.29, 1.82) is 0 Å². The van der Waals surface area contributed by atoms with Crippen molar-refractivity contribution < 1.29 is 9.13 Å². The van der Waals surface area contributed by atoms with Crippen LogP contribution in [0.1, 0.15) is 16.7 Å². The van der Waals surface area contributed by atoms with E-state index < -0.39 is 0 Å². The van der Waals surface area contributed by atoms with E-state index in [-0.39, 0.29) is 5.82 Å². The molecule has 0 heterocycles. The molecule has 0 aliphatic heterocycles. The molecule has 0 radical (unpaired) electrons. The molecule has 0 saturated carbocycles. The molecule has 0 unspecified atom stereocenters. The van der Waals surface area contributed by atoms with Crippen LogP contribution in [0.4, 0.5) is 4.39 Å². The highest BCUT2D eigenvalue weighted by Crippen LogP contribution is 2.21. The Hall–Kier alpha value is -1.54. The minimum Gasteiger partial charge on any atom is -0.489 e. The highest BCUT2D eigenvalue weighted by Gasteiger charge is 2.04. The molecule has 1 nitrogen and oxygen atoms in total. The van der Waals surface area contributed by atoms with E-state index in [1.54, 1.807) is 6.07 Å². The first-order valence-electron chi connectivity index (χ1n) is 5.72. The third-order valence-corrected chi connectivity index (χ3v) is 3.09. The summed E-state index contributed by atoms with van der Waals surface area (Å²) in [5, 5.41) is 0. The average molecular weight is 265 g/mol. The number of halogens is 2. The smallest absolute Gasteiger partial charge is 0.124 e. The van der Waals surface area contributed by atoms with Gasteiger partial charge in [0.2, 0.25) is 0 Å². The number of rotatable bonds is 4. The van der Waals surface area contributed by atoms with E-state index in [1.165, 1.54) is 12.1 Å². The molecule has 0 spiro atoms. The Balaban J connectivity index is 2.11. The average Bonchev–Trinajstić information content (AvgIpc) is 2.38. The molecule has 0 fully saturated rings. The Labute approximate surface area is 111 Å². The number of hydrogen-bond donors (Lipinski definition) is 0. The van der Waals surface area contributed by atoms with Gasteiger partial charge in [0.05, 0.1) is 5.88 Å². The summed E-state index contributed by atoms with van der Waals surface area (Å²) in [4.78, 5) is 0. The van der Waals surface area contributed by atoms with Gasteiger partial charge in [0, 0.05) is 5.56 Å². The van der Waals surface area contributed by atoms with Gasteiger partial charge in [-0.15, -0.1) is 11.6 Å². The van der Waals surface area contributed by atoms with Gasteiger partial charge in [0.1, 0.15) is 18.2 Å². The van der Waals surface area contributed by atoms with E-state index in [0.29, 0.717) is 12.5 Å². The summed E-state index contributed by atoms with van der Waals surface area (Å²) in [6.45, 7) is 2.29. The maximum atomic E-state index is 13.0. The van der Waals surface area contributed by atoms with E-state index in [1.807, 2.05) is 31.2 Å². The van der Waals surface area contributed by atoms with Gasteiger partial charge in [-0.3, -0.25) is 0 Å². The summed E-state index contributed by atoms with van der Waals surface area (Å²) in [6, 6.07) is 12.3. The lowest BCUT2D eigenvalue weighted by Gasteiger charge is -2.11. The van der Waals surface area contributed by atoms with Crippen LogP contribution >= 0.6 is 11.6 Å². The molecule has 2 rings (SSSR count). The minimum atomic E-state index is -0.225. The topological polar surface area (TPSA) is 9.23 Å². The fraction of sp³-hybridized carbons (Fsp3) is 0.200. The lowest BCUT2D eigenvalue weighted by molar-refractivity contribution is 0.303. The molecule has 0 saturated heterocycles. The van der Waals surface area contributed by atoms with Crippen molar-refractivity contribution in [2.24, 2.45) is 0 Å². The molecule has 94 valence electrons. The third kappa shape index (κ3) is 3.02. The standard InChI is InChI=1S/C15H14ClFO/c1-11-8-14(17)7-6-13(11)10-18-15-5-3-2-4-12(15)9-16/h2-8H,9-10H2,1H3. The minimum absolute atomic E-state index is 0.225. The van der Waals surface area contributed by atoms with Gasteiger partial charge >= 0.3 is 0 Å². The Kier molecular flexibility index (Phi) is 4.21. The molecular weight excluding hydrogens is 251 g/mol. The zero-order valence-corrected chi connectivity index (χ0v) is 10.9. The highest BCUT2D eigenvalue weighted by molar-refractivity contribution is 6.17. The normalized spacial score (nSPS) is 10.4. The van der Waals surface area contributed by atoms with Crippen LogP contribution in [-0.4, -0.2) is 0 Å². The van der Waals surface area contributed by atoms with Gasteiger partial charge in [0.25, 0.3) is 0 Å². The Morgan fingerprint density at radius 1 is 1.11 bits per heavy atom. The Morgan fingerprint density at radius 3 is 2.61 bits per heavy atom. The van der Waals surface area contributed by atoms with Crippen LogP contribution < -0.4 is 4.74 Å². The number of aryl methyl sites for hydroxylation is 1. The van der Waals surface area contributed by atoms with Crippen LogP contribution in [0.2, 0.25) is 0 Å². The predicted molar refractivity (Wildman–Crippen MR) is 71.5 cm³/mol. The molecule has 18 heavy (non-hydrogen) atoms. The van der Waals surface area contributed by atoms with Crippen LogP contribution in [0.25, 0.3) is 0 Å². The van der Waals surface area contributed by atoms with Gasteiger partial charge < -0.3 is 4.74 Å². The first-order valence-corrected chi connectivity index (χ1v) is 6.26. The van der Waals surface area contributed by atoms with E-state index in [2.05, 4.69) is 0 Å². The summed E-state index contributed by atoms with van der Waals surface area (Å²) < 4.78 is 18.7. The molecular formula is C15H14ClFO. The second-order valence-corrected chi connectivity index (χ2v) is 4.37. The van der Waals surface area contributed by atoms with Gasteiger partial charge in [-0.2, -0.15) is 0 Å². The monoisotopic (exact) mass is 264 g/mol. The lowest BCUT2D eigenvalue weighted by atomic mass is 10.1. The first-order chi connectivity index (χ1) is 8.70. The van der Waals surface area contributed by atoms with E-state index in [4.69, 9.17) is 16.3 Å². The number of benzene rings is 2. The second kappa shape index (κ2) is 5.87. The molecule has 0 bridgehead atoms. The van der Waals surface area contributed by atoms with Crippen molar-refractivity contribution >= 4 is 11.6 Å². The molecule has 0 amide bonds. The molecule has 0 aromatic heterocycles. The van der Waals surface area contributed by atoms with Gasteiger partial charge in [-0.25, -0.2) is 4.39 Å². The largest absolute Gasteiger partial charge is 0.489 e. The molecule has 2 aromatic carbocycles. The SMILES string of the molecule is Cc1cc(F)ccc1COc1ccccc1CCl. The summed E-state index contributed by atoms with van der Waals surface area (Å²) >= 11 is 5.84. The lowest BCUT2D eigenvalue weighted by Crippen LogP contribution is -2.00. The molecule has 0 N–H and O–H groups in total. The zero-order valence-electron chi connectivity index (χ0n) is 10.1. The fourth-order valence-corrected chi connectivity index (χ4v) is 1.95. The van der Waals surface area contributed by atoms with Crippen molar-refractivity contribution in [2.45, 2.75) is 19.4 Å². The van der Waals surface area contributed by atoms with Gasteiger partial charge in [0.15, 0.2) is 0 Å². The van der Waals surface area contributed by atoms with E-state index in [9.17, 15) is 4.39 Å². The number of alkyl halides is 1. The van der Waals surface area contributed by atoms with E-state index in [0.717, 1.165) is 22.4 Å². The summed E-state index contributed by atoms with van der Waals surface area (Å²) in [7, 11) is 0. The van der Waals surface area contributed by atoms with Crippen molar-refractivity contribution in [3.05, 3.63) is 65.0 Å². The molecule has 0 aliphatic rings. The maximum absolute atomic E-state index is 13.0. The number of ether oxygens (including phenoxy) is 1. The molecule has 0 aliphatic carbocycles. The fourth-order valence-electron chi connectivity index (χ4n) is 1.73. The van der Waals surface area contributed by atoms with Crippen molar-refractivity contribution in [2.75, 3.05) is 0 Å². The maximum Gasteiger partial charge on any atom is 0.124 e. The van der Waals surface area contributed by atoms with Crippen LogP contribution in [0, 0.1) is 12.7 Å². The number of para-hydroxylation sites is 1. The molecule has 0 atom stereocenters. The highest BCUT2D eigenvalue weighted by atomic mass is 35.5. The Morgan fingerprint density at radius 2 is 1.89 bits per heavy atom. The second-order valence-electron chi connectivity index (χ2n) is 4.10. The van der Waals surface area contributed by atoms with Crippen molar-refractivity contribution in [1.82, 2.24) is 0 Å². The molecule has 2 aromatic rings. The third-order valence-electron chi connectivity index (χ3n) is 2.80. The van der Waals surface area contributed by atoms with Gasteiger partial charge in [-0.1, -0.05) is 24.3 Å². The summed E-state index contributed by atoms with van der Waals surface area (Å²) in [5.74, 6) is 0.965. The summed E-state index contributed by atoms with van der Waals surface area (Å²) in [5.41, 5.74) is 2.82. The number of hydrogen-bond acceptors (Lipinski definition) is 1. The zero-order chi connectivity index (χ0) is 13.0. The molecule has 3 heteroatoms. The van der Waals surface area contributed by atoms with Crippen molar-refractivity contribution in [3.63, 3.8) is 0 Å². The quantitative estimate of drug-likeness (QED) is 0.741. The van der Waals surface area contributed by atoms with Crippen LogP contribution in [0.5, 0.6) is 5.75 Å². The predicted octanol–water partition coefficient (Wildman–Crippen LogP) is 4.45. The Bertz CT molecular complexity index is 540. The first kappa shape index (κ1) is 12.9. The summed E-state index contributed by atoms with van der Waals surface area (Å²) in [6.07, 6.45) is 0.